The fourth-order valence-electron chi connectivity index (χ4n) is 18.8. The Balaban J connectivity index is 0.975. The largest absolute Gasteiger partial charge is 0.462 e. The molecule has 1 heterocycles. The van der Waals surface area contributed by atoms with E-state index >= 15 is 0 Å². The van der Waals surface area contributed by atoms with E-state index in [0.29, 0.717) is 47.8 Å². The van der Waals surface area contributed by atoms with Crippen LogP contribution in [0.1, 0.15) is 187 Å². The van der Waals surface area contributed by atoms with E-state index < -0.39 is 45.6 Å². The summed E-state index contributed by atoms with van der Waals surface area (Å²) in [5, 5.41) is 41.4. The van der Waals surface area contributed by atoms with Crippen LogP contribution < -0.4 is 0 Å². The second-order valence-electron chi connectivity index (χ2n) is 25.8. The van der Waals surface area contributed by atoms with Gasteiger partial charge in [-0.2, -0.15) is 0 Å². The molecule has 4 spiro atoms. The summed E-state index contributed by atoms with van der Waals surface area (Å²) in [6, 6.07) is 21.8. The highest BCUT2D eigenvalue weighted by Gasteiger charge is 2.82. The van der Waals surface area contributed by atoms with Gasteiger partial charge in [0, 0.05) is 24.3 Å². The molecular formula is C62H86O7. The van der Waals surface area contributed by atoms with Crippen molar-refractivity contribution in [3.8, 4) is 0 Å². The Morgan fingerprint density at radius 2 is 1.46 bits per heavy atom. The van der Waals surface area contributed by atoms with Crippen molar-refractivity contribution in [1.82, 2.24) is 0 Å². The molecule has 2 aromatic rings. The van der Waals surface area contributed by atoms with Crippen LogP contribution in [0.5, 0.6) is 0 Å². The van der Waals surface area contributed by atoms with Crippen molar-refractivity contribution in [2.24, 2.45) is 56.2 Å². The van der Waals surface area contributed by atoms with E-state index in [2.05, 4.69) is 81.4 Å². The number of ether oxygens (including phenoxy) is 2. The van der Waals surface area contributed by atoms with E-state index in [9.17, 15) is 24.9 Å². The summed E-state index contributed by atoms with van der Waals surface area (Å²) in [5.41, 5.74) is -1.04. The van der Waals surface area contributed by atoms with Crippen molar-refractivity contribution in [1.29, 1.82) is 0 Å². The number of fused-ring (bicyclic) bond motifs is 1. The van der Waals surface area contributed by atoms with E-state index in [4.69, 9.17) is 9.47 Å². The summed E-state index contributed by atoms with van der Waals surface area (Å²) < 4.78 is 12.0. The minimum atomic E-state index is -1.59. The van der Waals surface area contributed by atoms with Crippen LogP contribution >= 0.6 is 0 Å². The normalized spacial score (nSPS) is 41.3. The van der Waals surface area contributed by atoms with Gasteiger partial charge in [0.05, 0.1) is 22.7 Å². The van der Waals surface area contributed by atoms with Gasteiger partial charge in [0.1, 0.15) is 12.7 Å². The standard InChI is InChI=1S/C62H86O7/c1-44(14-13-19-46-15-7-5-8-16-46)22-32-60(66)37-34-55(3)40-51(69-45(2)63)54-56(4,29-26-52(64)62(54,60)61(55,67)33-23-48-38-53(65)68-41-48)49-24-30-58(31-25-49)39-50(21-20-47-17-9-6-10-18-47)59(43-58)36-35-57(42-59)27-11-12-28-57/h5-10,15-18,34,37-38,44,49-52,54,64,66-67H,11-14,19-33,35-36,39-43H2,1-4H3/t44-,49?,50+,51-,52-,54+,55+,56+,58?,59+,60+,61-,62+/m1/s1. The maximum absolute atomic E-state index is 14.2. The molecule has 2 aromatic carbocycles. The Morgan fingerprint density at radius 3 is 2.13 bits per heavy atom. The number of aliphatic hydroxyl groups is 3. The summed E-state index contributed by atoms with van der Waals surface area (Å²) in [7, 11) is 0. The van der Waals surface area contributed by atoms with Gasteiger partial charge >= 0.3 is 11.9 Å². The zero-order valence-corrected chi connectivity index (χ0v) is 42.8. The number of aryl methyl sites for hydroxylation is 2. The molecule has 1 aliphatic heterocycles. The smallest absolute Gasteiger partial charge is 0.331 e. The third-order valence-electron chi connectivity index (χ3n) is 22.0. The molecule has 0 aromatic heterocycles. The van der Waals surface area contributed by atoms with Gasteiger partial charge < -0.3 is 24.8 Å². The van der Waals surface area contributed by atoms with Crippen molar-refractivity contribution >= 4 is 11.9 Å². The molecule has 69 heavy (non-hydrogen) atoms. The third kappa shape index (κ3) is 8.54. The summed E-state index contributed by atoms with van der Waals surface area (Å²) in [5.74, 6) is 0.116. The summed E-state index contributed by atoms with van der Waals surface area (Å²) in [4.78, 5) is 25.8. The lowest BCUT2D eigenvalue weighted by Gasteiger charge is -2.76. The molecule has 11 atom stereocenters. The highest BCUT2D eigenvalue weighted by Crippen LogP contribution is 2.77. The average Bonchev–Trinajstić information content (AvgIpc) is 4.13. The third-order valence-corrected chi connectivity index (χ3v) is 22.0. The topological polar surface area (TPSA) is 113 Å². The van der Waals surface area contributed by atoms with E-state index in [1.807, 2.05) is 12.2 Å². The van der Waals surface area contributed by atoms with Crippen molar-refractivity contribution in [3.63, 3.8) is 0 Å². The highest BCUT2D eigenvalue weighted by atomic mass is 16.5. The van der Waals surface area contributed by atoms with Crippen LogP contribution in [0.4, 0.5) is 0 Å². The molecule has 3 N–H and O–H groups in total. The van der Waals surface area contributed by atoms with E-state index in [0.717, 1.165) is 62.9 Å². The van der Waals surface area contributed by atoms with Crippen molar-refractivity contribution in [3.05, 3.63) is 95.6 Å². The number of cyclic esters (lactones) is 1. The molecule has 10 rings (SSSR count). The van der Waals surface area contributed by atoms with Crippen LogP contribution in [0.15, 0.2) is 84.5 Å². The highest BCUT2D eigenvalue weighted by molar-refractivity contribution is 5.85. The average molecular weight is 943 g/mol. The first kappa shape index (κ1) is 49.3. The Labute approximate surface area is 414 Å². The van der Waals surface area contributed by atoms with Gasteiger partial charge in [-0.3, -0.25) is 4.79 Å². The second-order valence-corrected chi connectivity index (χ2v) is 25.8. The number of hydrogen-bond donors (Lipinski definition) is 3. The van der Waals surface area contributed by atoms with E-state index in [1.54, 1.807) is 6.08 Å². The molecule has 7 nitrogen and oxygen atoms in total. The van der Waals surface area contributed by atoms with Crippen LogP contribution in [0.25, 0.3) is 0 Å². The number of carbonyl (C=O) groups is 2. The van der Waals surface area contributed by atoms with Gasteiger partial charge in [0.2, 0.25) is 0 Å². The quantitative estimate of drug-likeness (QED) is 0.120. The monoisotopic (exact) mass is 943 g/mol. The summed E-state index contributed by atoms with van der Waals surface area (Å²) in [6.07, 6.45) is 29.9. The lowest BCUT2D eigenvalue weighted by Crippen LogP contribution is -2.83. The van der Waals surface area contributed by atoms with E-state index in [-0.39, 0.29) is 30.9 Å². The zero-order chi connectivity index (χ0) is 48.3. The fraction of sp³-hybridized carbons (Fsp3) is 0.710. The molecule has 6 fully saturated rings. The van der Waals surface area contributed by atoms with Gasteiger partial charge in [-0.1, -0.05) is 113 Å². The number of benzene rings is 2. The van der Waals surface area contributed by atoms with Crippen LogP contribution in [-0.4, -0.2) is 57.3 Å². The number of carbonyl (C=O) groups excluding carboxylic acids is 2. The Hall–Kier alpha value is -3.26. The van der Waals surface area contributed by atoms with Crippen molar-refractivity contribution in [2.45, 2.75) is 212 Å². The lowest BCUT2D eigenvalue weighted by atomic mass is 9.31. The predicted octanol–water partition coefficient (Wildman–Crippen LogP) is 12.8. The molecule has 7 heteroatoms. The van der Waals surface area contributed by atoms with Gasteiger partial charge in [0.25, 0.3) is 0 Å². The Kier molecular flexibility index (Phi) is 13.3. The van der Waals surface area contributed by atoms with Gasteiger partial charge in [-0.15, -0.1) is 0 Å². The van der Waals surface area contributed by atoms with Crippen molar-refractivity contribution in [2.75, 3.05) is 6.61 Å². The molecule has 376 valence electrons. The minimum absolute atomic E-state index is 0.193. The summed E-state index contributed by atoms with van der Waals surface area (Å²) in [6.45, 7) is 8.43. The Bertz CT molecular complexity index is 2220. The van der Waals surface area contributed by atoms with Crippen LogP contribution in [0.2, 0.25) is 0 Å². The molecule has 0 radical (unpaired) electrons. The fourth-order valence-corrected chi connectivity index (χ4v) is 18.8. The summed E-state index contributed by atoms with van der Waals surface area (Å²) >= 11 is 0. The lowest BCUT2D eigenvalue weighted by molar-refractivity contribution is -0.362. The number of aliphatic hydroxyl groups excluding tert-OH is 1. The Morgan fingerprint density at radius 1 is 0.783 bits per heavy atom. The molecule has 7 aliphatic carbocycles. The van der Waals surface area contributed by atoms with Gasteiger partial charge in [-0.25, -0.2) is 4.79 Å². The maximum atomic E-state index is 14.2. The predicted molar refractivity (Wildman–Crippen MR) is 272 cm³/mol. The molecule has 8 aliphatic rings. The van der Waals surface area contributed by atoms with Crippen molar-refractivity contribution < 1.29 is 34.4 Å². The molecule has 0 unspecified atom stereocenters. The number of rotatable bonds is 15. The first-order chi connectivity index (χ1) is 33.0. The zero-order valence-electron chi connectivity index (χ0n) is 42.8. The van der Waals surface area contributed by atoms with Crippen LogP contribution in [0.3, 0.4) is 0 Å². The van der Waals surface area contributed by atoms with E-state index in [1.165, 1.54) is 95.1 Å². The maximum Gasteiger partial charge on any atom is 0.331 e. The SMILES string of the molecule is CC(=O)O[C@@H]1C[C@]2(C)C=C[C@@](O)(CC[C@H](C)CCCc3ccccc3)[C@@]3([C@H](O)CC[C@@](C)(C4CCC5(CC4)C[C@H](CCc4ccccc4)[C@]4(CCC6(CCCC6)C4)C5)[C@H]13)[C@@]2(O)CCC1=CC(=O)OC1. The molecule has 0 saturated heterocycles. The van der Waals surface area contributed by atoms with Gasteiger partial charge in [-0.05, 0) is 197 Å². The minimum Gasteiger partial charge on any atom is -0.462 e. The van der Waals surface area contributed by atoms with Gasteiger partial charge in [0.15, 0.2) is 0 Å². The van der Waals surface area contributed by atoms with Crippen LogP contribution in [-0.2, 0) is 31.9 Å². The number of hydrogen-bond acceptors (Lipinski definition) is 7. The first-order valence-corrected chi connectivity index (χ1v) is 27.9. The number of esters is 2. The first-order valence-electron chi connectivity index (χ1n) is 27.9. The molecule has 6 saturated carbocycles. The second kappa shape index (κ2) is 18.7. The van der Waals surface area contributed by atoms with Crippen LogP contribution in [0, 0.1) is 56.2 Å². The molecule has 2 bridgehead atoms. The molecule has 0 amide bonds. The molecular weight excluding hydrogens is 857 g/mol.